The van der Waals surface area contributed by atoms with Crippen LogP contribution in [0.1, 0.15) is 17.8 Å². The van der Waals surface area contributed by atoms with E-state index >= 15 is 0 Å². The largest absolute Gasteiger partial charge is 0.480 e. The summed E-state index contributed by atoms with van der Waals surface area (Å²) in [6, 6.07) is -1.35. The van der Waals surface area contributed by atoms with Gasteiger partial charge in [-0.25, -0.2) is 8.42 Å². The van der Waals surface area contributed by atoms with E-state index in [4.69, 9.17) is 11.5 Å². The van der Waals surface area contributed by atoms with E-state index in [1.807, 2.05) is 0 Å². The maximum atomic E-state index is 12.2. The number of carbonyl (C=O) groups is 1. The van der Waals surface area contributed by atoms with Crippen LogP contribution in [0.15, 0.2) is 4.90 Å². The molecule has 1 atom stereocenters. The van der Waals surface area contributed by atoms with E-state index in [0.717, 1.165) is 0 Å². The number of carboxylic acids is 1. The second kappa shape index (κ2) is 5.42. The Morgan fingerprint density at radius 3 is 2.53 bits per heavy atom. The third-order valence-electron chi connectivity index (χ3n) is 2.63. The van der Waals surface area contributed by atoms with E-state index in [1.54, 1.807) is 20.9 Å². The second-order valence-electron chi connectivity index (χ2n) is 4.04. The predicted octanol–water partition coefficient (Wildman–Crippen LogP) is -0.208. The first-order valence-corrected chi connectivity index (χ1v) is 6.87. The zero-order valence-corrected chi connectivity index (χ0v) is 11.7. The number of aliphatic carboxylic acids is 1. The zero-order valence-electron chi connectivity index (χ0n) is 10.8. The summed E-state index contributed by atoms with van der Waals surface area (Å²) in [5, 5.41) is 12.9. The fourth-order valence-corrected chi connectivity index (χ4v) is 3.31. The lowest BCUT2D eigenvalue weighted by atomic mass is 10.2. The van der Waals surface area contributed by atoms with Crippen molar-refractivity contribution in [1.29, 1.82) is 0 Å². The van der Waals surface area contributed by atoms with Gasteiger partial charge in [0.1, 0.15) is 10.9 Å². The Balaban J connectivity index is 3.18. The van der Waals surface area contributed by atoms with E-state index in [-0.39, 0.29) is 11.3 Å². The fraction of sp³-hybridized carbons (Fsp3) is 0.455. The van der Waals surface area contributed by atoms with Crippen molar-refractivity contribution in [1.82, 2.24) is 14.5 Å². The summed E-state index contributed by atoms with van der Waals surface area (Å²) in [5.74, 6) is 0.810. The molecule has 8 heteroatoms. The molecule has 7 nitrogen and oxygen atoms in total. The van der Waals surface area contributed by atoms with Gasteiger partial charge in [-0.1, -0.05) is 0 Å². The van der Waals surface area contributed by atoms with Crippen LogP contribution in [-0.2, 0) is 21.9 Å². The van der Waals surface area contributed by atoms with Gasteiger partial charge < -0.3 is 5.11 Å². The number of hydrogen-bond acceptors (Lipinski definition) is 4. The lowest BCUT2D eigenvalue weighted by Gasteiger charge is -2.12. The molecule has 1 heterocycles. The highest BCUT2D eigenvalue weighted by Gasteiger charge is 2.29. The van der Waals surface area contributed by atoms with Crippen LogP contribution in [0, 0.1) is 26.2 Å². The molecule has 0 fully saturated rings. The van der Waals surface area contributed by atoms with Crippen molar-refractivity contribution in [3.8, 4) is 12.3 Å². The lowest BCUT2D eigenvalue weighted by molar-refractivity contribution is -0.138. The molecule has 1 unspecified atom stereocenters. The molecule has 0 aliphatic rings. The van der Waals surface area contributed by atoms with Gasteiger partial charge in [0.05, 0.1) is 11.4 Å². The Labute approximate surface area is 111 Å². The predicted molar refractivity (Wildman–Crippen MR) is 67.9 cm³/mol. The molecule has 0 radical (unpaired) electrons. The van der Waals surface area contributed by atoms with Crippen LogP contribution < -0.4 is 4.72 Å². The first kappa shape index (κ1) is 15.2. The Morgan fingerprint density at radius 1 is 1.58 bits per heavy atom. The van der Waals surface area contributed by atoms with Crippen molar-refractivity contribution in [3.05, 3.63) is 11.4 Å². The fourth-order valence-electron chi connectivity index (χ4n) is 1.69. The van der Waals surface area contributed by atoms with Gasteiger partial charge in [0, 0.05) is 13.5 Å². The maximum absolute atomic E-state index is 12.2. The smallest absolute Gasteiger partial charge is 0.322 e. The third-order valence-corrected chi connectivity index (χ3v) is 4.35. The molecule has 2 N–H and O–H groups in total. The van der Waals surface area contributed by atoms with Crippen molar-refractivity contribution in [3.63, 3.8) is 0 Å². The molecule has 0 spiro atoms. The Hall–Kier alpha value is -1.85. The zero-order chi connectivity index (χ0) is 14.8. The number of aromatic nitrogens is 2. The van der Waals surface area contributed by atoms with Crippen LogP contribution in [-0.4, -0.2) is 35.3 Å². The minimum atomic E-state index is -3.98. The Kier molecular flexibility index (Phi) is 4.34. The van der Waals surface area contributed by atoms with Gasteiger partial charge in [0.25, 0.3) is 0 Å². The van der Waals surface area contributed by atoms with Gasteiger partial charge >= 0.3 is 5.97 Å². The van der Waals surface area contributed by atoms with Crippen LogP contribution >= 0.6 is 0 Å². The first-order chi connectivity index (χ1) is 8.70. The minimum Gasteiger partial charge on any atom is -0.480 e. The van der Waals surface area contributed by atoms with Crippen molar-refractivity contribution in [2.45, 2.75) is 31.2 Å². The second-order valence-corrected chi connectivity index (χ2v) is 5.69. The number of sulfonamides is 1. The van der Waals surface area contributed by atoms with E-state index in [2.05, 4.69) is 15.7 Å². The topological polar surface area (TPSA) is 101 Å². The summed E-state index contributed by atoms with van der Waals surface area (Å²) in [6.45, 7) is 3.13. The molecule has 0 saturated heterocycles. The van der Waals surface area contributed by atoms with Gasteiger partial charge in [0.15, 0.2) is 0 Å². The molecule has 1 rings (SSSR count). The molecule has 0 aliphatic carbocycles. The van der Waals surface area contributed by atoms with Gasteiger partial charge in [0.2, 0.25) is 10.0 Å². The molecule has 104 valence electrons. The van der Waals surface area contributed by atoms with Crippen LogP contribution in [0.5, 0.6) is 0 Å². The summed E-state index contributed by atoms with van der Waals surface area (Å²) in [6.07, 6.45) is 4.79. The molecule has 0 saturated carbocycles. The lowest BCUT2D eigenvalue weighted by Crippen LogP contribution is -2.40. The monoisotopic (exact) mass is 285 g/mol. The van der Waals surface area contributed by atoms with Crippen molar-refractivity contribution < 1.29 is 18.3 Å². The van der Waals surface area contributed by atoms with Crippen LogP contribution in [0.2, 0.25) is 0 Å². The van der Waals surface area contributed by atoms with Crippen molar-refractivity contribution in [2.75, 3.05) is 0 Å². The van der Waals surface area contributed by atoms with E-state index < -0.39 is 22.0 Å². The van der Waals surface area contributed by atoms with E-state index in [0.29, 0.717) is 11.4 Å². The molecule has 0 aliphatic heterocycles. The molecular weight excluding hydrogens is 270 g/mol. The van der Waals surface area contributed by atoms with Gasteiger partial charge in [-0.3, -0.25) is 9.48 Å². The van der Waals surface area contributed by atoms with E-state index in [1.165, 1.54) is 4.68 Å². The third kappa shape index (κ3) is 3.13. The summed E-state index contributed by atoms with van der Waals surface area (Å²) >= 11 is 0. The molecule has 1 aromatic heterocycles. The standard InChI is InChI=1S/C11H15N3O4S/c1-5-6-9(11(15)16)13-19(17,18)10-7(2)12-14(4)8(10)3/h1,9,13H,6H2,2-4H3,(H,15,16). The molecule has 19 heavy (non-hydrogen) atoms. The highest BCUT2D eigenvalue weighted by Crippen LogP contribution is 2.18. The highest BCUT2D eigenvalue weighted by atomic mass is 32.2. The van der Waals surface area contributed by atoms with Crippen molar-refractivity contribution in [2.24, 2.45) is 7.05 Å². The maximum Gasteiger partial charge on any atom is 0.322 e. The van der Waals surface area contributed by atoms with Crippen LogP contribution in [0.3, 0.4) is 0 Å². The normalized spacial score (nSPS) is 12.9. The van der Waals surface area contributed by atoms with Gasteiger partial charge in [-0.05, 0) is 13.8 Å². The average Bonchev–Trinajstić information content (AvgIpc) is 2.52. The highest BCUT2D eigenvalue weighted by molar-refractivity contribution is 7.89. The molecule has 1 aromatic rings. The number of nitrogens with zero attached hydrogens (tertiary/aromatic N) is 2. The SMILES string of the molecule is C#CCC(NS(=O)(=O)c1c(C)nn(C)c1C)C(=O)O. The molecule has 0 amide bonds. The van der Waals surface area contributed by atoms with Crippen molar-refractivity contribution >= 4 is 16.0 Å². The number of nitrogens with one attached hydrogen (secondary N) is 1. The number of rotatable bonds is 5. The summed E-state index contributed by atoms with van der Waals surface area (Å²) in [4.78, 5) is 10.9. The Morgan fingerprint density at radius 2 is 2.16 bits per heavy atom. The number of terminal acetylenes is 1. The minimum absolute atomic E-state index is 0.0155. The molecule has 0 bridgehead atoms. The Bertz CT molecular complexity index is 640. The molecular formula is C11H15N3O4S. The first-order valence-electron chi connectivity index (χ1n) is 5.39. The number of carboxylic acid groups (broad SMARTS) is 1. The van der Waals surface area contributed by atoms with Gasteiger partial charge in [-0.15, -0.1) is 12.3 Å². The quantitative estimate of drug-likeness (QED) is 0.729. The van der Waals surface area contributed by atoms with E-state index in [9.17, 15) is 13.2 Å². The summed E-state index contributed by atoms with van der Waals surface area (Å²) < 4.78 is 27.9. The van der Waals surface area contributed by atoms with Gasteiger partial charge in [-0.2, -0.15) is 9.82 Å². The number of aryl methyl sites for hydroxylation is 2. The summed E-state index contributed by atoms with van der Waals surface area (Å²) in [7, 11) is -2.37. The number of hydrogen-bond donors (Lipinski definition) is 2. The average molecular weight is 285 g/mol. The van der Waals surface area contributed by atoms with Crippen LogP contribution in [0.4, 0.5) is 0 Å². The summed E-state index contributed by atoms with van der Waals surface area (Å²) in [5.41, 5.74) is 0.729. The van der Waals surface area contributed by atoms with Crippen LogP contribution in [0.25, 0.3) is 0 Å². The molecule has 0 aromatic carbocycles.